The van der Waals surface area contributed by atoms with Gasteiger partial charge in [0, 0.05) is 29.7 Å². The molecular weight excluding hydrogens is 316 g/mol. The van der Waals surface area contributed by atoms with Crippen molar-refractivity contribution in [3.8, 4) is 5.75 Å². The minimum Gasteiger partial charge on any atom is -0.508 e. The van der Waals surface area contributed by atoms with E-state index >= 15 is 0 Å². The molecule has 1 aromatic carbocycles. The molecule has 1 saturated heterocycles. The van der Waals surface area contributed by atoms with Gasteiger partial charge in [-0.2, -0.15) is 0 Å². The van der Waals surface area contributed by atoms with E-state index in [2.05, 4.69) is 10.2 Å². The third-order valence-corrected chi connectivity index (χ3v) is 3.90. The highest BCUT2D eigenvalue weighted by atomic mass is 35.5. The van der Waals surface area contributed by atoms with Crippen molar-refractivity contribution in [3.05, 3.63) is 28.8 Å². The van der Waals surface area contributed by atoms with Crippen LogP contribution in [0.25, 0.3) is 0 Å². The highest BCUT2D eigenvalue weighted by molar-refractivity contribution is 6.30. The summed E-state index contributed by atoms with van der Waals surface area (Å²) in [7, 11) is 0. The maximum atomic E-state index is 11.9. The van der Waals surface area contributed by atoms with Crippen molar-refractivity contribution in [2.45, 2.75) is 51.8 Å². The fourth-order valence-corrected chi connectivity index (χ4v) is 2.91. The van der Waals surface area contributed by atoms with Crippen LogP contribution >= 0.6 is 11.6 Å². The van der Waals surface area contributed by atoms with Crippen LogP contribution in [0.5, 0.6) is 5.75 Å². The second-order valence-corrected chi connectivity index (χ2v) is 7.43. The Morgan fingerprint density at radius 1 is 1.48 bits per heavy atom. The molecule has 1 fully saturated rings. The highest BCUT2D eigenvalue weighted by Gasteiger charge is 2.24. The molecule has 2 rings (SSSR count). The average Bonchev–Trinajstić information content (AvgIpc) is 2.41. The lowest BCUT2D eigenvalue weighted by Crippen LogP contribution is -2.48. The molecule has 0 aromatic heterocycles. The number of amides is 1. The van der Waals surface area contributed by atoms with Crippen LogP contribution in [0.15, 0.2) is 18.2 Å². The molecule has 1 atom stereocenters. The summed E-state index contributed by atoms with van der Waals surface area (Å²) >= 11 is 5.99. The second-order valence-electron chi connectivity index (χ2n) is 6.99. The number of ether oxygens (including phenoxy) is 1. The first-order chi connectivity index (χ1) is 10.7. The lowest BCUT2D eigenvalue weighted by atomic mass is 10.0. The van der Waals surface area contributed by atoms with Gasteiger partial charge in [-0.25, -0.2) is 4.79 Å². The van der Waals surface area contributed by atoms with Gasteiger partial charge in [0.1, 0.15) is 11.4 Å². The predicted octanol–water partition coefficient (Wildman–Crippen LogP) is 3.53. The Morgan fingerprint density at radius 2 is 2.22 bits per heavy atom. The topological polar surface area (TPSA) is 61.8 Å². The van der Waals surface area contributed by atoms with Crippen LogP contribution in [0.2, 0.25) is 5.02 Å². The standard InChI is InChI=1S/C17H25ClN2O3/c1-17(2,3)23-16(22)19-14-5-4-8-20(11-14)10-12-9-13(18)6-7-15(12)21/h6-7,9,14,21H,4-5,8,10-11H2,1-3H3,(H,19,22). The Hall–Kier alpha value is -1.46. The van der Waals surface area contributed by atoms with Crippen molar-refractivity contribution < 1.29 is 14.6 Å². The summed E-state index contributed by atoms with van der Waals surface area (Å²) in [5, 5.41) is 13.5. The lowest BCUT2D eigenvalue weighted by Gasteiger charge is -2.33. The quantitative estimate of drug-likeness (QED) is 0.883. The Morgan fingerprint density at radius 3 is 2.91 bits per heavy atom. The monoisotopic (exact) mass is 340 g/mol. The predicted molar refractivity (Wildman–Crippen MR) is 90.8 cm³/mol. The summed E-state index contributed by atoms with van der Waals surface area (Å²) in [4.78, 5) is 14.1. The molecule has 1 unspecified atom stereocenters. The van der Waals surface area contributed by atoms with E-state index in [1.807, 2.05) is 20.8 Å². The number of phenols is 1. The normalized spacial score (nSPS) is 19.4. The molecular formula is C17H25ClN2O3. The van der Waals surface area contributed by atoms with Crippen LogP contribution in [0.3, 0.4) is 0 Å². The van der Waals surface area contributed by atoms with Gasteiger partial charge in [-0.05, 0) is 58.4 Å². The molecule has 1 amide bonds. The number of nitrogens with zero attached hydrogens (tertiary/aromatic N) is 1. The molecule has 2 N–H and O–H groups in total. The number of halogens is 1. The third-order valence-electron chi connectivity index (χ3n) is 3.66. The van der Waals surface area contributed by atoms with E-state index < -0.39 is 5.60 Å². The number of alkyl carbamates (subject to hydrolysis) is 1. The molecule has 0 spiro atoms. The van der Waals surface area contributed by atoms with E-state index in [9.17, 15) is 9.90 Å². The number of nitrogens with one attached hydrogen (secondary N) is 1. The van der Waals surface area contributed by atoms with Gasteiger partial charge >= 0.3 is 6.09 Å². The Balaban J connectivity index is 1.90. The molecule has 0 bridgehead atoms. The van der Waals surface area contributed by atoms with Gasteiger partial charge in [0.2, 0.25) is 0 Å². The SMILES string of the molecule is CC(C)(C)OC(=O)NC1CCCN(Cc2cc(Cl)ccc2O)C1. The number of benzene rings is 1. The summed E-state index contributed by atoms with van der Waals surface area (Å²) < 4.78 is 5.30. The number of carbonyl (C=O) groups excluding carboxylic acids is 1. The van der Waals surface area contributed by atoms with Gasteiger partial charge in [-0.3, -0.25) is 4.90 Å². The van der Waals surface area contributed by atoms with Gasteiger partial charge in [0.05, 0.1) is 0 Å². The van der Waals surface area contributed by atoms with Crippen LogP contribution in [-0.2, 0) is 11.3 Å². The van der Waals surface area contributed by atoms with Crippen molar-refractivity contribution >= 4 is 17.7 Å². The van der Waals surface area contributed by atoms with Gasteiger partial charge < -0.3 is 15.2 Å². The fourth-order valence-electron chi connectivity index (χ4n) is 2.71. The lowest BCUT2D eigenvalue weighted by molar-refractivity contribution is 0.0470. The van der Waals surface area contributed by atoms with Crippen LogP contribution in [-0.4, -0.2) is 40.8 Å². The molecule has 1 aliphatic heterocycles. The van der Waals surface area contributed by atoms with E-state index in [0.717, 1.165) is 31.5 Å². The molecule has 0 saturated carbocycles. The largest absolute Gasteiger partial charge is 0.508 e. The number of rotatable bonds is 3. The maximum Gasteiger partial charge on any atom is 0.407 e. The Kier molecular flexibility index (Phi) is 5.76. The zero-order valence-electron chi connectivity index (χ0n) is 13.9. The number of hydrogen-bond donors (Lipinski definition) is 2. The minimum absolute atomic E-state index is 0.0555. The second kappa shape index (κ2) is 7.41. The van der Waals surface area contributed by atoms with Crippen molar-refractivity contribution in [2.24, 2.45) is 0 Å². The molecule has 0 aliphatic carbocycles. The number of carbonyl (C=O) groups is 1. The van der Waals surface area contributed by atoms with E-state index in [0.29, 0.717) is 11.6 Å². The van der Waals surface area contributed by atoms with Crippen molar-refractivity contribution in [3.63, 3.8) is 0 Å². The molecule has 1 aliphatic rings. The summed E-state index contributed by atoms with van der Waals surface area (Å²) in [6.07, 6.45) is 1.54. The Bertz CT molecular complexity index is 557. The van der Waals surface area contributed by atoms with E-state index in [1.54, 1.807) is 18.2 Å². The first-order valence-electron chi connectivity index (χ1n) is 7.92. The molecule has 5 nitrogen and oxygen atoms in total. The highest BCUT2D eigenvalue weighted by Crippen LogP contribution is 2.24. The first-order valence-corrected chi connectivity index (χ1v) is 8.30. The van der Waals surface area contributed by atoms with Crippen LogP contribution in [0, 0.1) is 0 Å². The van der Waals surface area contributed by atoms with Gasteiger partial charge in [-0.15, -0.1) is 0 Å². The number of piperidine rings is 1. The first kappa shape index (κ1) is 17.9. The molecule has 1 aromatic rings. The zero-order valence-corrected chi connectivity index (χ0v) is 14.7. The van der Waals surface area contributed by atoms with E-state index in [1.165, 1.54) is 0 Å². The zero-order chi connectivity index (χ0) is 17.0. The molecule has 1 heterocycles. The average molecular weight is 341 g/mol. The van der Waals surface area contributed by atoms with Crippen LogP contribution in [0.4, 0.5) is 4.79 Å². The summed E-state index contributed by atoms with van der Waals surface area (Å²) in [5.74, 6) is 0.247. The fraction of sp³-hybridized carbons (Fsp3) is 0.588. The van der Waals surface area contributed by atoms with Crippen molar-refractivity contribution in [2.75, 3.05) is 13.1 Å². The van der Waals surface area contributed by atoms with Gasteiger partial charge in [-0.1, -0.05) is 11.6 Å². The number of aromatic hydroxyl groups is 1. The number of phenolic OH excluding ortho intramolecular Hbond substituents is 1. The van der Waals surface area contributed by atoms with E-state index in [4.69, 9.17) is 16.3 Å². The van der Waals surface area contributed by atoms with Crippen LogP contribution in [0.1, 0.15) is 39.2 Å². The number of hydrogen-bond acceptors (Lipinski definition) is 4. The third kappa shape index (κ3) is 5.92. The molecule has 128 valence electrons. The van der Waals surface area contributed by atoms with Gasteiger partial charge in [0.15, 0.2) is 0 Å². The molecule has 0 radical (unpaired) electrons. The summed E-state index contributed by atoms with van der Waals surface area (Å²) in [6.45, 7) is 7.81. The summed E-state index contributed by atoms with van der Waals surface area (Å²) in [5.41, 5.74) is 0.306. The molecule has 6 heteroatoms. The van der Waals surface area contributed by atoms with Crippen molar-refractivity contribution in [1.29, 1.82) is 0 Å². The summed E-state index contributed by atoms with van der Waals surface area (Å²) in [6, 6.07) is 5.11. The van der Waals surface area contributed by atoms with Crippen LogP contribution < -0.4 is 5.32 Å². The van der Waals surface area contributed by atoms with Crippen molar-refractivity contribution in [1.82, 2.24) is 10.2 Å². The smallest absolute Gasteiger partial charge is 0.407 e. The molecule has 23 heavy (non-hydrogen) atoms. The number of likely N-dealkylation sites (tertiary alicyclic amines) is 1. The minimum atomic E-state index is -0.495. The van der Waals surface area contributed by atoms with E-state index in [-0.39, 0.29) is 17.9 Å². The Labute approximate surface area is 142 Å². The maximum absolute atomic E-state index is 11.9. The van der Waals surface area contributed by atoms with Gasteiger partial charge in [0.25, 0.3) is 0 Å².